The first-order valence-corrected chi connectivity index (χ1v) is 9.07. The number of aromatic nitrogens is 1. The number of anilines is 1. The Bertz CT molecular complexity index is 1150. The molecular formula is C23H20N2O2. The molecule has 4 aromatic rings. The van der Waals surface area contributed by atoms with Gasteiger partial charge in [-0.1, -0.05) is 49.4 Å². The van der Waals surface area contributed by atoms with E-state index in [-0.39, 0.29) is 17.9 Å². The number of hydrogen-bond donors (Lipinski definition) is 1. The van der Waals surface area contributed by atoms with Crippen LogP contribution in [0.2, 0.25) is 0 Å². The summed E-state index contributed by atoms with van der Waals surface area (Å²) < 4.78 is 1.91. The molecule has 3 aromatic carbocycles. The van der Waals surface area contributed by atoms with E-state index in [9.17, 15) is 9.59 Å². The fourth-order valence-corrected chi connectivity index (χ4v) is 3.53. The highest BCUT2D eigenvalue weighted by Crippen LogP contribution is 2.20. The lowest BCUT2D eigenvalue weighted by atomic mass is 10.1. The molecule has 1 amide bonds. The highest BCUT2D eigenvalue weighted by molar-refractivity contribution is 5.97. The zero-order chi connectivity index (χ0) is 18.8. The van der Waals surface area contributed by atoms with Crippen LogP contribution in [0.5, 0.6) is 0 Å². The third-order valence-corrected chi connectivity index (χ3v) is 4.85. The lowest BCUT2D eigenvalue weighted by molar-refractivity contribution is -0.116. The van der Waals surface area contributed by atoms with Crippen molar-refractivity contribution in [1.82, 2.24) is 4.57 Å². The van der Waals surface area contributed by atoms with Crippen molar-refractivity contribution >= 4 is 33.4 Å². The number of carbonyl (C=O) groups excluding carboxylic acids is 1. The number of nitrogens with one attached hydrogen (secondary N) is 1. The van der Waals surface area contributed by atoms with Gasteiger partial charge in [0.2, 0.25) is 5.91 Å². The van der Waals surface area contributed by atoms with E-state index in [4.69, 9.17) is 0 Å². The fourth-order valence-electron chi connectivity index (χ4n) is 3.53. The van der Waals surface area contributed by atoms with E-state index in [0.29, 0.717) is 10.8 Å². The van der Waals surface area contributed by atoms with Crippen LogP contribution in [0.3, 0.4) is 0 Å². The normalized spacial score (nSPS) is 11.0. The summed E-state index contributed by atoms with van der Waals surface area (Å²) in [6, 6.07) is 22.7. The summed E-state index contributed by atoms with van der Waals surface area (Å²) in [5.41, 5.74) is 3.45. The summed E-state index contributed by atoms with van der Waals surface area (Å²) in [7, 11) is 0. The zero-order valence-corrected chi connectivity index (χ0v) is 15.1. The SMILES string of the molecule is CCc1ccccc1NC(=O)Cn1c2ccccc2c(=O)c2ccccc21. The lowest BCUT2D eigenvalue weighted by Gasteiger charge is -2.16. The molecule has 27 heavy (non-hydrogen) atoms. The number of aryl methyl sites for hydroxylation is 1. The van der Waals surface area contributed by atoms with E-state index < -0.39 is 0 Å². The highest BCUT2D eigenvalue weighted by atomic mass is 16.2. The molecule has 4 nitrogen and oxygen atoms in total. The van der Waals surface area contributed by atoms with Crippen molar-refractivity contribution in [2.24, 2.45) is 0 Å². The minimum atomic E-state index is -0.116. The summed E-state index contributed by atoms with van der Waals surface area (Å²) in [5, 5.41) is 4.26. The van der Waals surface area contributed by atoms with E-state index >= 15 is 0 Å². The Morgan fingerprint density at radius 3 is 2.04 bits per heavy atom. The van der Waals surface area contributed by atoms with Crippen molar-refractivity contribution in [3.05, 3.63) is 88.6 Å². The van der Waals surface area contributed by atoms with Gasteiger partial charge in [-0.05, 0) is 42.3 Å². The quantitative estimate of drug-likeness (QED) is 0.553. The standard InChI is InChI=1S/C23H20N2O2/c1-2-16-9-3-6-12-19(16)24-22(26)15-25-20-13-7-4-10-17(20)23(27)18-11-5-8-14-21(18)25/h3-14H,2,15H2,1H3,(H,24,26). The number of nitrogens with zero attached hydrogens (tertiary/aromatic N) is 1. The van der Waals surface area contributed by atoms with Crippen molar-refractivity contribution < 1.29 is 4.79 Å². The summed E-state index contributed by atoms with van der Waals surface area (Å²) in [6.45, 7) is 2.20. The van der Waals surface area contributed by atoms with E-state index in [2.05, 4.69) is 12.2 Å². The molecule has 0 aliphatic heterocycles. The van der Waals surface area contributed by atoms with Gasteiger partial charge in [0.1, 0.15) is 6.54 Å². The van der Waals surface area contributed by atoms with Gasteiger partial charge in [0.25, 0.3) is 0 Å². The van der Waals surface area contributed by atoms with Crippen molar-refractivity contribution in [2.75, 3.05) is 5.32 Å². The van der Waals surface area contributed by atoms with Crippen LogP contribution in [0.25, 0.3) is 21.8 Å². The van der Waals surface area contributed by atoms with E-state index in [1.54, 1.807) is 0 Å². The number of benzene rings is 3. The van der Waals surface area contributed by atoms with Gasteiger partial charge < -0.3 is 9.88 Å². The number of fused-ring (bicyclic) bond motifs is 2. The first-order valence-electron chi connectivity index (χ1n) is 9.07. The fraction of sp³-hybridized carbons (Fsp3) is 0.130. The maximum absolute atomic E-state index is 12.8. The molecule has 0 bridgehead atoms. The van der Waals surface area contributed by atoms with Gasteiger partial charge in [0.05, 0.1) is 11.0 Å². The summed E-state index contributed by atoms with van der Waals surface area (Å²) in [6.07, 6.45) is 0.848. The Morgan fingerprint density at radius 1 is 0.852 bits per heavy atom. The maximum atomic E-state index is 12.8. The van der Waals surface area contributed by atoms with Gasteiger partial charge >= 0.3 is 0 Å². The van der Waals surface area contributed by atoms with Gasteiger partial charge in [-0.2, -0.15) is 0 Å². The summed E-state index contributed by atoms with van der Waals surface area (Å²) >= 11 is 0. The molecule has 4 heteroatoms. The molecule has 0 unspecified atom stereocenters. The number of hydrogen-bond acceptors (Lipinski definition) is 2. The molecule has 0 saturated heterocycles. The predicted octanol–water partition coefficient (Wildman–Crippen LogP) is 4.36. The molecule has 0 spiro atoms. The van der Waals surface area contributed by atoms with E-state index in [0.717, 1.165) is 28.7 Å². The number of pyridine rings is 1. The molecule has 0 saturated carbocycles. The van der Waals surface area contributed by atoms with Crippen molar-refractivity contribution in [1.29, 1.82) is 0 Å². The molecule has 0 radical (unpaired) electrons. The second kappa shape index (κ2) is 7.08. The Kier molecular flexibility index (Phi) is 4.47. The minimum absolute atomic E-state index is 0.00538. The smallest absolute Gasteiger partial charge is 0.244 e. The Hall–Kier alpha value is -3.40. The molecular weight excluding hydrogens is 336 g/mol. The first kappa shape index (κ1) is 17.0. The molecule has 134 valence electrons. The summed E-state index contributed by atoms with van der Waals surface area (Å²) in [4.78, 5) is 25.6. The average Bonchev–Trinajstić information content (AvgIpc) is 2.71. The van der Waals surface area contributed by atoms with Gasteiger partial charge in [-0.25, -0.2) is 0 Å². The van der Waals surface area contributed by atoms with Crippen LogP contribution in [0.1, 0.15) is 12.5 Å². The Labute approximate surface area is 157 Å². The summed E-state index contributed by atoms with van der Waals surface area (Å²) in [5.74, 6) is -0.116. The van der Waals surface area contributed by atoms with Gasteiger partial charge in [0, 0.05) is 16.5 Å². The van der Waals surface area contributed by atoms with Crippen LogP contribution in [0, 0.1) is 0 Å². The molecule has 0 aliphatic rings. The number of para-hydroxylation sites is 3. The number of rotatable bonds is 4. The monoisotopic (exact) mass is 356 g/mol. The third kappa shape index (κ3) is 3.10. The van der Waals surface area contributed by atoms with Crippen LogP contribution >= 0.6 is 0 Å². The second-order valence-corrected chi connectivity index (χ2v) is 6.51. The van der Waals surface area contributed by atoms with Gasteiger partial charge in [0.15, 0.2) is 5.43 Å². The third-order valence-electron chi connectivity index (χ3n) is 4.85. The topological polar surface area (TPSA) is 51.1 Å². The molecule has 4 rings (SSSR count). The number of amides is 1. The van der Waals surface area contributed by atoms with Gasteiger partial charge in [-0.3, -0.25) is 9.59 Å². The molecule has 0 fully saturated rings. The van der Waals surface area contributed by atoms with E-state index in [1.807, 2.05) is 77.4 Å². The van der Waals surface area contributed by atoms with Crippen molar-refractivity contribution in [2.45, 2.75) is 19.9 Å². The van der Waals surface area contributed by atoms with Crippen LogP contribution in [0.15, 0.2) is 77.6 Å². The maximum Gasteiger partial charge on any atom is 0.244 e. The van der Waals surface area contributed by atoms with E-state index in [1.165, 1.54) is 0 Å². The zero-order valence-electron chi connectivity index (χ0n) is 15.1. The van der Waals surface area contributed by atoms with Crippen LogP contribution in [-0.4, -0.2) is 10.5 Å². The molecule has 0 aliphatic carbocycles. The average molecular weight is 356 g/mol. The van der Waals surface area contributed by atoms with Crippen molar-refractivity contribution in [3.8, 4) is 0 Å². The van der Waals surface area contributed by atoms with Gasteiger partial charge in [-0.15, -0.1) is 0 Å². The largest absolute Gasteiger partial charge is 0.331 e. The predicted molar refractivity (Wildman–Crippen MR) is 110 cm³/mol. The lowest BCUT2D eigenvalue weighted by Crippen LogP contribution is -2.22. The molecule has 1 N–H and O–H groups in total. The second-order valence-electron chi connectivity index (χ2n) is 6.51. The highest BCUT2D eigenvalue weighted by Gasteiger charge is 2.13. The first-order chi connectivity index (χ1) is 13.2. The number of carbonyl (C=O) groups is 1. The minimum Gasteiger partial charge on any atom is -0.331 e. The molecule has 1 aromatic heterocycles. The van der Waals surface area contributed by atoms with Crippen LogP contribution in [0.4, 0.5) is 5.69 Å². The molecule has 0 atom stereocenters. The Morgan fingerprint density at radius 2 is 1.41 bits per heavy atom. The molecule has 1 heterocycles. The van der Waals surface area contributed by atoms with Crippen LogP contribution in [-0.2, 0) is 17.8 Å². The van der Waals surface area contributed by atoms with Crippen LogP contribution < -0.4 is 10.7 Å². The van der Waals surface area contributed by atoms with Crippen molar-refractivity contribution in [3.63, 3.8) is 0 Å². The Balaban J connectivity index is 1.80.